The van der Waals surface area contributed by atoms with Crippen molar-refractivity contribution in [3.63, 3.8) is 0 Å². The van der Waals surface area contributed by atoms with E-state index in [2.05, 4.69) is 6.58 Å². The van der Waals surface area contributed by atoms with Crippen LogP contribution in [0.25, 0.3) is 5.57 Å². The molecule has 20 heavy (non-hydrogen) atoms. The normalized spacial score (nSPS) is 21.4. The van der Waals surface area contributed by atoms with Crippen LogP contribution in [0.5, 0.6) is 5.75 Å². The van der Waals surface area contributed by atoms with Crippen LogP contribution < -0.4 is 4.74 Å². The minimum Gasteiger partial charge on any atom is -0.491 e. The molecule has 0 spiro atoms. The first-order chi connectivity index (χ1) is 9.52. The monoisotopic (exact) mass is 280 g/mol. The molecule has 1 atom stereocenters. The lowest BCUT2D eigenvalue weighted by Crippen LogP contribution is -2.40. The van der Waals surface area contributed by atoms with Crippen LogP contribution in [0, 0.1) is 0 Å². The van der Waals surface area contributed by atoms with Crippen molar-refractivity contribution in [1.29, 1.82) is 0 Å². The maximum atomic E-state index is 8.70. The third-order valence-electron chi connectivity index (χ3n) is 2.92. The van der Waals surface area contributed by atoms with E-state index in [-0.39, 0.29) is 19.3 Å². The molecule has 1 aromatic carbocycles. The molecule has 1 aromatic rings. The van der Waals surface area contributed by atoms with Crippen LogP contribution in [-0.4, -0.2) is 36.8 Å². The maximum absolute atomic E-state index is 8.70. The van der Waals surface area contributed by atoms with E-state index >= 15 is 0 Å². The highest BCUT2D eigenvalue weighted by atomic mass is 17.2. The second kappa shape index (κ2) is 6.37. The average Bonchev–Trinajstić information content (AvgIpc) is 2.45. The molecular formula is C15H20O5. The van der Waals surface area contributed by atoms with Gasteiger partial charge in [-0.3, -0.25) is 0 Å². The Hall–Kier alpha value is -1.40. The van der Waals surface area contributed by atoms with Crippen molar-refractivity contribution in [2.45, 2.75) is 25.7 Å². The van der Waals surface area contributed by atoms with Crippen molar-refractivity contribution in [2.24, 2.45) is 0 Å². The van der Waals surface area contributed by atoms with Crippen LogP contribution in [0.1, 0.15) is 19.4 Å². The molecule has 0 aliphatic carbocycles. The Kier molecular flexibility index (Phi) is 4.77. The van der Waals surface area contributed by atoms with Crippen molar-refractivity contribution in [1.82, 2.24) is 0 Å². The molecule has 1 saturated heterocycles. The molecule has 0 aromatic heterocycles. The van der Waals surface area contributed by atoms with E-state index in [4.69, 9.17) is 24.4 Å². The quantitative estimate of drug-likeness (QED) is 0.838. The van der Waals surface area contributed by atoms with E-state index in [1.807, 2.05) is 24.3 Å². The van der Waals surface area contributed by atoms with Gasteiger partial charge in [-0.15, -0.1) is 0 Å². The highest BCUT2D eigenvalue weighted by Crippen LogP contribution is 2.28. The average molecular weight is 280 g/mol. The summed E-state index contributed by atoms with van der Waals surface area (Å²) in [7, 11) is 0. The molecule has 1 aliphatic heterocycles. The van der Waals surface area contributed by atoms with Crippen molar-refractivity contribution >= 4 is 5.57 Å². The summed E-state index contributed by atoms with van der Waals surface area (Å²) in [5.74, 6) is -0.0209. The lowest BCUT2D eigenvalue weighted by Gasteiger charge is -2.34. The van der Waals surface area contributed by atoms with Gasteiger partial charge in [-0.05, 0) is 37.1 Å². The van der Waals surface area contributed by atoms with Gasteiger partial charge in [0.15, 0.2) is 5.79 Å². The fourth-order valence-corrected chi connectivity index (χ4v) is 1.78. The van der Waals surface area contributed by atoms with Gasteiger partial charge in [-0.1, -0.05) is 18.7 Å². The number of rotatable bonds is 5. The number of ether oxygens (including phenoxy) is 2. The van der Waals surface area contributed by atoms with E-state index in [0.29, 0.717) is 12.4 Å². The lowest BCUT2D eigenvalue weighted by atomic mass is 10.0. The van der Waals surface area contributed by atoms with E-state index in [9.17, 15) is 0 Å². The Bertz CT molecular complexity index is 442. The standard InChI is InChI=1S/C15H20O5/c1-11(14-10-18-15(2,3)20-19-14)12-4-6-13(7-5-12)17-9-8-16/h4-7,14,16H,1,8-10H2,2-3H3. The van der Waals surface area contributed by atoms with Gasteiger partial charge < -0.3 is 14.6 Å². The van der Waals surface area contributed by atoms with Crippen molar-refractivity contribution in [3.05, 3.63) is 36.4 Å². The largest absolute Gasteiger partial charge is 0.491 e. The zero-order valence-corrected chi connectivity index (χ0v) is 11.8. The summed E-state index contributed by atoms with van der Waals surface area (Å²) in [4.78, 5) is 10.5. The van der Waals surface area contributed by atoms with Gasteiger partial charge in [-0.25, -0.2) is 9.78 Å². The molecule has 0 saturated carbocycles. The minimum absolute atomic E-state index is 0.00512. The molecule has 2 rings (SSSR count). The Morgan fingerprint density at radius 2 is 2.10 bits per heavy atom. The van der Waals surface area contributed by atoms with Crippen LogP contribution >= 0.6 is 0 Å². The van der Waals surface area contributed by atoms with Gasteiger partial charge in [0, 0.05) is 0 Å². The van der Waals surface area contributed by atoms with E-state index < -0.39 is 5.79 Å². The summed E-state index contributed by atoms with van der Waals surface area (Å²) in [5, 5.41) is 8.70. The maximum Gasteiger partial charge on any atom is 0.196 e. The number of hydrogen-bond donors (Lipinski definition) is 1. The summed E-state index contributed by atoms with van der Waals surface area (Å²) in [6.45, 7) is 8.28. The second-order valence-electron chi connectivity index (χ2n) is 5.00. The predicted molar refractivity (Wildman–Crippen MR) is 74.0 cm³/mol. The van der Waals surface area contributed by atoms with Gasteiger partial charge in [0.1, 0.15) is 18.5 Å². The Morgan fingerprint density at radius 1 is 1.40 bits per heavy atom. The first-order valence-corrected chi connectivity index (χ1v) is 6.53. The van der Waals surface area contributed by atoms with Crippen LogP contribution in [0.15, 0.2) is 30.8 Å². The molecule has 1 heterocycles. The van der Waals surface area contributed by atoms with Gasteiger partial charge in [0.25, 0.3) is 0 Å². The summed E-state index contributed by atoms with van der Waals surface area (Å²) in [6.07, 6.45) is -0.327. The summed E-state index contributed by atoms with van der Waals surface area (Å²) < 4.78 is 10.8. The first-order valence-electron chi connectivity index (χ1n) is 6.53. The third kappa shape index (κ3) is 3.80. The van der Waals surface area contributed by atoms with Crippen LogP contribution in [0.2, 0.25) is 0 Å². The van der Waals surface area contributed by atoms with Gasteiger partial charge in [0.2, 0.25) is 0 Å². The minimum atomic E-state index is -0.723. The summed E-state index contributed by atoms with van der Waals surface area (Å²) >= 11 is 0. The third-order valence-corrected chi connectivity index (χ3v) is 2.92. The van der Waals surface area contributed by atoms with Crippen LogP contribution in [0.3, 0.4) is 0 Å². The lowest BCUT2D eigenvalue weighted by molar-refractivity contribution is -0.467. The zero-order valence-electron chi connectivity index (χ0n) is 11.8. The Labute approximate surface area is 118 Å². The summed E-state index contributed by atoms with van der Waals surface area (Å²) in [6, 6.07) is 7.42. The molecule has 0 bridgehead atoms. The highest BCUT2D eigenvalue weighted by molar-refractivity contribution is 5.67. The van der Waals surface area contributed by atoms with Crippen molar-refractivity contribution in [3.8, 4) is 5.75 Å². The van der Waals surface area contributed by atoms with E-state index in [0.717, 1.165) is 11.1 Å². The summed E-state index contributed by atoms with van der Waals surface area (Å²) in [5.41, 5.74) is 1.72. The molecule has 0 radical (unpaired) electrons. The molecule has 1 fully saturated rings. The zero-order chi connectivity index (χ0) is 14.6. The fourth-order valence-electron chi connectivity index (χ4n) is 1.78. The highest BCUT2D eigenvalue weighted by Gasteiger charge is 2.31. The van der Waals surface area contributed by atoms with E-state index in [1.165, 1.54) is 0 Å². The van der Waals surface area contributed by atoms with Crippen LogP contribution in [-0.2, 0) is 14.5 Å². The fraction of sp³-hybridized carbons (Fsp3) is 0.467. The molecule has 110 valence electrons. The molecular weight excluding hydrogens is 260 g/mol. The number of aliphatic hydroxyl groups is 1. The Balaban J connectivity index is 1.96. The number of benzene rings is 1. The van der Waals surface area contributed by atoms with Crippen molar-refractivity contribution < 1.29 is 24.4 Å². The SMILES string of the molecule is C=C(c1ccc(OCCO)cc1)C1COC(C)(C)OO1. The number of hydrogen-bond acceptors (Lipinski definition) is 5. The topological polar surface area (TPSA) is 57.2 Å². The first kappa shape index (κ1) is 15.0. The molecule has 5 nitrogen and oxygen atoms in total. The number of aliphatic hydroxyl groups excluding tert-OH is 1. The molecule has 1 N–H and O–H groups in total. The molecule has 0 amide bonds. The molecule has 5 heteroatoms. The van der Waals surface area contributed by atoms with Crippen molar-refractivity contribution in [2.75, 3.05) is 19.8 Å². The van der Waals surface area contributed by atoms with Gasteiger partial charge in [-0.2, -0.15) is 0 Å². The van der Waals surface area contributed by atoms with E-state index in [1.54, 1.807) is 13.8 Å². The Morgan fingerprint density at radius 3 is 2.65 bits per heavy atom. The van der Waals surface area contributed by atoms with Gasteiger partial charge in [0.05, 0.1) is 13.2 Å². The smallest absolute Gasteiger partial charge is 0.196 e. The van der Waals surface area contributed by atoms with Crippen LogP contribution in [0.4, 0.5) is 0 Å². The second-order valence-corrected chi connectivity index (χ2v) is 5.00. The molecule has 1 aliphatic rings. The predicted octanol–water partition coefficient (Wildman–Crippen LogP) is 2.15. The van der Waals surface area contributed by atoms with Gasteiger partial charge >= 0.3 is 0 Å². The molecule has 1 unspecified atom stereocenters.